The number of piperidine rings is 1. The number of carboxylic acid groups (broad SMARTS) is 1. The van der Waals surface area contributed by atoms with Crippen LogP contribution in [0.4, 0.5) is 4.39 Å². The van der Waals surface area contributed by atoms with E-state index >= 15 is 0 Å². The maximum atomic E-state index is 13.4. The van der Waals surface area contributed by atoms with E-state index < -0.39 is 5.97 Å². The lowest BCUT2D eigenvalue weighted by molar-refractivity contribution is 0.0693. The number of aryl methyl sites for hydroxylation is 2. The zero-order valence-electron chi connectivity index (χ0n) is 22.5. The molecule has 0 spiro atoms. The number of nitrogens with zero attached hydrogens (tertiary/aromatic N) is 4. The highest BCUT2D eigenvalue weighted by Crippen LogP contribution is 2.32. The minimum Gasteiger partial charge on any atom is -0.507 e. The van der Waals surface area contributed by atoms with Gasteiger partial charge in [-0.05, 0) is 76.4 Å². The lowest BCUT2D eigenvalue weighted by atomic mass is 9.91. The summed E-state index contributed by atoms with van der Waals surface area (Å²) >= 11 is 0. The van der Waals surface area contributed by atoms with Gasteiger partial charge in [-0.2, -0.15) is 0 Å². The summed E-state index contributed by atoms with van der Waals surface area (Å²) in [7, 11) is 0. The van der Waals surface area contributed by atoms with Crippen LogP contribution in [0.3, 0.4) is 0 Å². The summed E-state index contributed by atoms with van der Waals surface area (Å²) in [6, 6.07) is 10.4. The minimum atomic E-state index is -1.11. The van der Waals surface area contributed by atoms with Gasteiger partial charge in [0.1, 0.15) is 23.0 Å². The maximum absolute atomic E-state index is 13.4. The van der Waals surface area contributed by atoms with E-state index in [9.17, 15) is 14.0 Å². The van der Waals surface area contributed by atoms with Crippen LogP contribution in [-0.4, -0.2) is 55.4 Å². The van der Waals surface area contributed by atoms with Gasteiger partial charge < -0.3 is 19.6 Å². The van der Waals surface area contributed by atoms with Crippen molar-refractivity contribution in [2.75, 3.05) is 19.6 Å². The predicted molar refractivity (Wildman–Crippen MR) is 147 cm³/mol. The number of carbonyl (C=O) groups is 1. The molecule has 2 aliphatic heterocycles. The Labute approximate surface area is 230 Å². The molecule has 0 radical (unpaired) electrons. The summed E-state index contributed by atoms with van der Waals surface area (Å²) in [6.07, 6.45) is 5.81. The van der Waals surface area contributed by atoms with Gasteiger partial charge in [0.25, 0.3) is 5.56 Å². The van der Waals surface area contributed by atoms with E-state index in [0.717, 1.165) is 92.9 Å². The van der Waals surface area contributed by atoms with Crippen molar-refractivity contribution in [2.45, 2.75) is 57.9 Å². The van der Waals surface area contributed by atoms with Crippen molar-refractivity contribution in [1.29, 1.82) is 0 Å². The number of aromatic hydroxyl groups is 1. The Kier molecular flexibility index (Phi) is 8.25. The molecule has 2 aromatic carbocycles. The van der Waals surface area contributed by atoms with Gasteiger partial charge in [0.05, 0.1) is 5.69 Å². The lowest BCUT2D eigenvalue weighted by Crippen LogP contribution is -2.37. The van der Waals surface area contributed by atoms with Gasteiger partial charge in [0, 0.05) is 48.1 Å². The Bertz CT molecular complexity index is 1570. The molecule has 4 heterocycles. The number of aromatic carboxylic acids is 1. The molecule has 40 heavy (non-hydrogen) atoms. The van der Waals surface area contributed by atoms with Crippen LogP contribution in [0.15, 0.2) is 51.8 Å². The van der Waals surface area contributed by atoms with Crippen molar-refractivity contribution in [3.63, 3.8) is 0 Å². The zero-order chi connectivity index (χ0) is 28.2. The summed E-state index contributed by atoms with van der Waals surface area (Å²) in [5.41, 5.74) is 3.31. The molecule has 210 valence electrons. The quantitative estimate of drug-likeness (QED) is 0.369. The largest absolute Gasteiger partial charge is 0.507 e. The highest BCUT2D eigenvalue weighted by molar-refractivity contribution is 5.90. The van der Waals surface area contributed by atoms with Crippen molar-refractivity contribution in [3.05, 3.63) is 87.0 Å². The third-order valence-corrected chi connectivity index (χ3v) is 7.83. The smallest absolute Gasteiger partial charge is 0.339 e. The number of rotatable bonds is 5. The molecule has 1 saturated heterocycles. The summed E-state index contributed by atoms with van der Waals surface area (Å²) in [6.45, 7) is 5.55. The maximum Gasteiger partial charge on any atom is 0.339 e. The normalized spacial score (nSPS) is 15.8. The van der Waals surface area contributed by atoms with Crippen molar-refractivity contribution < 1.29 is 23.9 Å². The minimum absolute atomic E-state index is 0.0671. The van der Waals surface area contributed by atoms with Gasteiger partial charge in [0.15, 0.2) is 5.58 Å². The molecule has 1 fully saturated rings. The Morgan fingerprint density at radius 2 is 1.90 bits per heavy atom. The number of benzene rings is 2. The summed E-state index contributed by atoms with van der Waals surface area (Å²) in [5, 5.41) is 22.5. The average Bonchev–Trinajstić information content (AvgIpc) is 3.37. The first-order valence-corrected chi connectivity index (χ1v) is 13.7. The summed E-state index contributed by atoms with van der Waals surface area (Å²) < 4.78 is 20.6. The third-order valence-electron chi connectivity index (χ3n) is 7.83. The molecular formula is C30H33FN4O5. The fourth-order valence-corrected chi connectivity index (χ4v) is 5.60. The molecule has 2 aromatic heterocycles. The fraction of sp³-hybridized carbons (Fsp3) is 0.400. The SMILES string of the molecule is Cc1nc2n(c(=O)c1CCN1CCC(c3noc4cc(F)ccc34)CC1)CCCC2.O=C(O)c1ccccc1O. The van der Waals surface area contributed by atoms with E-state index in [1.807, 2.05) is 11.5 Å². The number of para-hydroxylation sites is 1. The van der Waals surface area contributed by atoms with Gasteiger partial charge in [-0.25, -0.2) is 14.2 Å². The first-order chi connectivity index (χ1) is 19.3. The second-order valence-corrected chi connectivity index (χ2v) is 10.4. The van der Waals surface area contributed by atoms with Gasteiger partial charge in [0.2, 0.25) is 0 Å². The van der Waals surface area contributed by atoms with E-state index in [-0.39, 0.29) is 22.7 Å². The van der Waals surface area contributed by atoms with Crippen molar-refractivity contribution in [2.24, 2.45) is 0 Å². The number of phenols is 1. The molecule has 0 saturated carbocycles. The number of fused-ring (bicyclic) bond motifs is 2. The predicted octanol–water partition coefficient (Wildman–Crippen LogP) is 4.68. The fourth-order valence-electron chi connectivity index (χ4n) is 5.60. The molecule has 0 unspecified atom stereocenters. The van der Waals surface area contributed by atoms with Crippen LogP contribution in [0.5, 0.6) is 5.75 Å². The van der Waals surface area contributed by atoms with Crippen molar-refractivity contribution in [1.82, 2.24) is 19.6 Å². The summed E-state index contributed by atoms with van der Waals surface area (Å²) in [4.78, 5) is 30.3. The Balaban J connectivity index is 0.000000274. The molecule has 2 aliphatic rings. The monoisotopic (exact) mass is 548 g/mol. The number of hydrogen-bond acceptors (Lipinski definition) is 7. The van der Waals surface area contributed by atoms with E-state index in [1.54, 1.807) is 18.2 Å². The Morgan fingerprint density at radius 1 is 1.12 bits per heavy atom. The number of carboxylic acids is 1. The number of halogens is 1. The van der Waals surface area contributed by atoms with E-state index in [2.05, 4.69) is 10.1 Å². The summed E-state index contributed by atoms with van der Waals surface area (Å²) in [5.74, 6) is -0.338. The van der Waals surface area contributed by atoms with Crippen LogP contribution < -0.4 is 5.56 Å². The molecule has 10 heteroatoms. The highest BCUT2D eigenvalue weighted by atomic mass is 19.1. The molecule has 0 amide bonds. The number of aromatic nitrogens is 3. The van der Waals surface area contributed by atoms with Crippen molar-refractivity contribution in [3.8, 4) is 5.75 Å². The van der Waals surface area contributed by atoms with Crippen molar-refractivity contribution >= 4 is 16.9 Å². The van der Waals surface area contributed by atoms with Crippen LogP contribution in [0, 0.1) is 12.7 Å². The third kappa shape index (κ3) is 5.91. The van der Waals surface area contributed by atoms with Crippen LogP contribution in [0.2, 0.25) is 0 Å². The van der Waals surface area contributed by atoms with Crippen LogP contribution in [0.1, 0.15) is 64.7 Å². The second kappa shape index (κ2) is 12.0. The Hall–Kier alpha value is -4.05. The second-order valence-electron chi connectivity index (χ2n) is 10.4. The van der Waals surface area contributed by atoms with E-state index in [0.29, 0.717) is 11.5 Å². The van der Waals surface area contributed by atoms with Crippen LogP contribution in [0.25, 0.3) is 11.0 Å². The molecule has 9 nitrogen and oxygen atoms in total. The first-order valence-electron chi connectivity index (χ1n) is 13.7. The lowest BCUT2D eigenvalue weighted by Gasteiger charge is -2.31. The van der Waals surface area contributed by atoms with Gasteiger partial charge in [-0.1, -0.05) is 17.3 Å². The standard InChI is InChI=1S/C23H27FN4O2.C7H6O3/c1-15-18(23(29)28-10-3-2-4-21(28)25-15)9-13-27-11-7-16(8-12-27)22-19-6-5-17(24)14-20(19)30-26-22;8-6-4-2-1-3-5(6)7(9)10/h5-6,14,16H,2-4,7-13H2,1H3;1-4,8H,(H,9,10). The Morgan fingerprint density at radius 3 is 2.62 bits per heavy atom. The number of likely N-dealkylation sites (tertiary alicyclic amines) is 1. The molecule has 0 bridgehead atoms. The first kappa shape index (κ1) is 27.5. The van der Waals surface area contributed by atoms with Gasteiger partial charge in [-0.3, -0.25) is 9.36 Å². The van der Waals surface area contributed by atoms with Gasteiger partial charge in [-0.15, -0.1) is 0 Å². The zero-order valence-corrected chi connectivity index (χ0v) is 22.5. The molecule has 0 atom stereocenters. The van der Waals surface area contributed by atoms with Crippen LogP contribution in [-0.2, 0) is 19.4 Å². The molecule has 0 aliphatic carbocycles. The average molecular weight is 549 g/mol. The molecular weight excluding hydrogens is 515 g/mol. The highest BCUT2D eigenvalue weighted by Gasteiger charge is 2.26. The molecule has 6 rings (SSSR count). The number of hydrogen-bond donors (Lipinski definition) is 2. The van der Waals surface area contributed by atoms with Gasteiger partial charge >= 0.3 is 5.97 Å². The molecule has 2 N–H and O–H groups in total. The molecule has 4 aromatic rings. The van der Waals surface area contributed by atoms with E-state index in [1.165, 1.54) is 24.3 Å². The topological polar surface area (TPSA) is 122 Å². The van der Waals surface area contributed by atoms with E-state index in [4.69, 9.17) is 19.7 Å². The van der Waals surface area contributed by atoms with Crippen LogP contribution >= 0.6 is 0 Å².